The van der Waals surface area contributed by atoms with Crippen molar-refractivity contribution in [2.75, 3.05) is 12.9 Å². The minimum atomic E-state index is -0.697. The van der Waals surface area contributed by atoms with E-state index in [4.69, 9.17) is 9.47 Å². The van der Waals surface area contributed by atoms with Gasteiger partial charge in [-0.1, -0.05) is 18.2 Å². The van der Waals surface area contributed by atoms with Crippen LogP contribution < -0.4 is 4.74 Å². The molecule has 2 aromatic rings. The number of benzene rings is 1. The maximum Gasteiger partial charge on any atom is 0.358 e. The van der Waals surface area contributed by atoms with Crippen LogP contribution in [0.5, 0.6) is 5.88 Å². The molecule has 0 spiro atoms. The topological polar surface area (TPSA) is 48.4 Å². The number of carbonyl (C=O) groups is 1. The summed E-state index contributed by atoms with van der Waals surface area (Å²) in [5, 5.41) is 1.04. The standard InChI is InChI=1S/C14H14INO3S/c1-3-18-13(17)14(20-2)19-12-10(15)8-9-6-4-5-7-11(9)16-12/h4-8,14H,3H2,1-2H3. The minimum Gasteiger partial charge on any atom is -0.463 e. The highest BCUT2D eigenvalue weighted by atomic mass is 127. The Bertz CT molecular complexity index is 620. The van der Waals surface area contributed by atoms with Gasteiger partial charge in [0.05, 0.1) is 15.7 Å². The average molecular weight is 403 g/mol. The highest BCUT2D eigenvalue weighted by Gasteiger charge is 2.22. The summed E-state index contributed by atoms with van der Waals surface area (Å²) in [7, 11) is 0. The molecule has 1 atom stereocenters. The summed E-state index contributed by atoms with van der Waals surface area (Å²) in [5.41, 5.74) is 0.142. The largest absolute Gasteiger partial charge is 0.463 e. The average Bonchev–Trinajstić information content (AvgIpc) is 2.45. The Morgan fingerprint density at radius 3 is 2.90 bits per heavy atom. The van der Waals surface area contributed by atoms with Gasteiger partial charge in [0.25, 0.3) is 0 Å². The van der Waals surface area contributed by atoms with Gasteiger partial charge in [-0.3, -0.25) is 0 Å². The first kappa shape index (κ1) is 15.4. The molecular formula is C14H14INO3S. The second kappa shape index (κ2) is 7.12. The Balaban J connectivity index is 2.27. The molecule has 1 heterocycles. The molecule has 0 bridgehead atoms. The van der Waals surface area contributed by atoms with E-state index in [-0.39, 0.29) is 5.97 Å². The number of hydrogen-bond acceptors (Lipinski definition) is 5. The van der Waals surface area contributed by atoms with Gasteiger partial charge < -0.3 is 9.47 Å². The highest BCUT2D eigenvalue weighted by Crippen LogP contribution is 2.26. The number of ether oxygens (including phenoxy) is 2. The van der Waals surface area contributed by atoms with E-state index in [1.54, 1.807) is 13.2 Å². The molecule has 0 aliphatic heterocycles. The monoisotopic (exact) mass is 403 g/mol. The van der Waals surface area contributed by atoms with E-state index in [1.807, 2.05) is 30.3 Å². The van der Waals surface area contributed by atoms with E-state index >= 15 is 0 Å². The molecule has 20 heavy (non-hydrogen) atoms. The van der Waals surface area contributed by atoms with Crippen molar-refractivity contribution >= 4 is 51.2 Å². The predicted octanol–water partition coefficient (Wildman–Crippen LogP) is 3.47. The number of thioether (sulfide) groups is 1. The Labute approximate surface area is 135 Å². The van der Waals surface area contributed by atoms with Crippen LogP contribution in [0.1, 0.15) is 6.92 Å². The van der Waals surface area contributed by atoms with Crippen molar-refractivity contribution in [1.29, 1.82) is 0 Å². The molecule has 0 fully saturated rings. The third-order valence-electron chi connectivity index (χ3n) is 2.56. The van der Waals surface area contributed by atoms with E-state index in [2.05, 4.69) is 27.6 Å². The van der Waals surface area contributed by atoms with Crippen LogP contribution >= 0.6 is 34.4 Å². The van der Waals surface area contributed by atoms with E-state index in [1.165, 1.54) is 11.8 Å². The summed E-state index contributed by atoms with van der Waals surface area (Å²) in [6.07, 6.45) is 1.80. The SMILES string of the molecule is CCOC(=O)C(Oc1nc2ccccc2cc1I)SC. The van der Waals surface area contributed by atoms with Gasteiger partial charge in [0.1, 0.15) is 0 Å². The summed E-state index contributed by atoms with van der Waals surface area (Å²) in [6, 6.07) is 9.77. The van der Waals surface area contributed by atoms with Crippen molar-refractivity contribution in [1.82, 2.24) is 4.98 Å². The second-order valence-electron chi connectivity index (χ2n) is 3.91. The number of esters is 1. The molecule has 0 radical (unpaired) electrons. The number of halogens is 1. The number of carbonyl (C=O) groups excluding carboxylic acids is 1. The number of para-hydroxylation sites is 1. The van der Waals surface area contributed by atoms with Crippen LogP contribution in [0.3, 0.4) is 0 Å². The smallest absolute Gasteiger partial charge is 0.358 e. The van der Waals surface area contributed by atoms with Gasteiger partial charge in [-0.25, -0.2) is 9.78 Å². The number of aromatic nitrogens is 1. The van der Waals surface area contributed by atoms with Crippen LogP contribution in [0.4, 0.5) is 0 Å². The molecular weight excluding hydrogens is 389 g/mol. The Morgan fingerprint density at radius 2 is 2.20 bits per heavy atom. The van der Waals surface area contributed by atoms with E-state index in [0.29, 0.717) is 12.5 Å². The molecule has 106 valence electrons. The van der Waals surface area contributed by atoms with Crippen LogP contribution in [0.25, 0.3) is 10.9 Å². The van der Waals surface area contributed by atoms with Gasteiger partial charge in [0, 0.05) is 5.39 Å². The van der Waals surface area contributed by atoms with Crippen LogP contribution in [0.15, 0.2) is 30.3 Å². The quantitative estimate of drug-likeness (QED) is 0.435. The highest BCUT2D eigenvalue weighted by molar-refractivity contribution is 14.1. The fraction of sp³-hybridized carbons (Fsp3) is 0.286. The molecule has 6 heteroatoms. The molecule has 0 aliphatic carbocycles. The normalized spacial score (nSPS) is 12.2. The fourth-order valence-corrected chi connectivity index (χ4v) is 2.69. The van der Waals surface area contributed by atoms with Gasteiger partial charge in [0.15, 0.2) is 0 Å². The molecule has 2 rings (SSSR count). The first-order chi connectivity index (χ1) is 9.65. The molecule has 0 aliphatic rings. The first-order valence-corrected chi connectivity index (χ1v) is 8.43. The van der Waals surface area contributed by atoms with Gasteiger partial charge in [0.2, 0.25) is 11.3 Å². The zero-order valence-electron chi connectivity index (χ0n) is 11.1. The molecule has 1 unspecified atom stereocenters. The van der Waals surface area contributed by atoms with Crippen LogP contribution in [0, 0.1) is 3.57 Å². The summed E-state index contributed by atoms with van der Waals surface area (Å²) in [6.45, 7) is 2.11. The summed E-state index contributed by atoms with van der Waals surface area (Å²) < 4.78 is 11.5. The van der Waals surface area contributed by atoms with Crippen molar-refractivity contribution in [3.63, 3.8) is 0 Å². The lowest BCUT2D eigenvalue weighted by Crippen LogP contribution is -2.26. The zero-order chi connectivity index (χ0) is 14.5. The first-order valence-electron chi connectivity index (χ1n) is 6.07. The number of rotatable bonds is 5. The van der Waals surface area contributed by atoms with Crippen LogP contribution in [-0.4, -0.2) is 29.3 Å². The molecule has 1 aromatic carbocycles. The lowest BCUT2D eigenvalue weighted by atomic mass is 10.2. The molecule has 0 amide bonds. The second-order valence-corrected chi connectivity index (χ2v) is 5.97. The molecule has 1 aromatic heterocycles. The Kier molecular flexibility index (Phi) is 5.47. The van der Waals surface area contributed by atoms with Gasteiger partial charge in [-0.15, -0.1) is 11.8 Å². The maximum atomic E-state index is 11.8. The van der Waals surface area contributed by atoms with Crippen molar-refractivity contribution in [2.24, 2.45) is 0 Å². The van der Waals surface area contributed by atoms with E-state index < -0.39 is 5.44 Å². The summed E-state index contributed by atoms with van der Waals surface area (Å²) in [4.78, 5) is 16.2. The third-order valence-corrected chi connectivity index (χ3v) is 4.05. The number of nitrogens with zero attached hydrogens (tertiary/aromatic N) is 1. The molecule has 0 N–H and O–H groups in total. The number of pyridine rings is 1. The van der Waals surface area contributed by atoms with Gasteiger partial charge in [-0.2, -0.15) is 0 Å². The van der Waals surface area contributed by atoms with Gasteiger partial charge >= 0.3 is 5.97 Å². The van der Waals surface area contributed by atoms with Crippen molar-refractivity contribution in [3.05, 3.63) is 33.9 Å². The Morgan fingerprint density at radius 1 is 1.45 bits per heavy atom. The Hall–Kier alpha value is -1.02. The third kappa shape index (κ3) is 3.54. The van der Waals surface area contributed by atoms with Crippen LogP contribution in [-0.2, 0) is 9.53 Å². The van der Waals surface area contributed by atoms with Crippen molar-refractivity contribution < 1.29 is 14.3 Å². The fourth-order valence-electron chi connectivity index (χ4n) is 1.66. The lowest BCUT2D eigenvalue weighted by Gasteiger charge is -2.16. The number of fused-ring (bicyclic) bond motifs is 1. The molecule has 4 nitrogen and oxygen atoms in total. The maximum absolute atomic E-state index is 11.8. The lowest BCUT2D eigenvalue weighted by molar-refractivity contribution is -0.147. The predicted molar refractivity (Wildman–Crippen MR) is 89.0 cm³/mol. The minimum absolute atomic E-state index is 0.335. The number of hydrogen-bond donors (Lipinski definition) is 0. The molecule has 0 saturated heterocycles. The van der Waals surface area contributed by atoms with Gasteiger partial charge in [-0.05, 0) is 47.9 Å². The van der Waals surface area contributed by atoms with Crippen molar-refractivity contribution in [3.8, 4) is 5.88 Å². The summed E-state index contributed by atoms with van der Waals surface area (Å²) >= 11 is 3.44. The zero-order valence-corrected chi connectivity index (χ0v) is 14.1. The molecule has 0 saturated carbocycles. The van der Waals surface area contributed by atoms with E-state index in [9.17, 15) is 4.79 Å². The van der Waals surface area contributed by atoms with Crippen molar-refractivity contribution in [2.45, 2.75) is 12.4 Å². The van der Waals surface area contributed by atoms with Crippen LogP contribution in [0.2, 0.25) is 0 Å². The summed E-state index contributed by atoms with van der Waals surface area (Å²) in [5.74, 6) is 0.0717. The van der Waals surface area contributed by atoms with E-state index in [0.717, 1.165) is 14.5 Å².